The molecule has 0 saturated carbocycles. The normalized spacial score (nSPS) is 15.2. The van der Waals surface area contributed by atoms with Crippen LogP contribution in [0.15, 0.2) is 79.0 Å². The Hall–Kier alpha value is -3.90. The Morgan fingerprint density at radius 1 is 1.09 bits per heavy atom. The molecule has 5 rings (SSSR count). The number of aromatic nitrogens is 2. The first-order valence-electron chi connectivity index (χ1n) is 11.9. The Morgan fingerprint density at radius 3 is 2.63 bits per heavy atom. The van der Waals surface area contributed by atoms with Crippen LogP contribution < -0.4 is 10.1 Å². The lowest BCUT2D eigenvalue weighted by Gasteiger charge is -2.15. The molecular formula is C29H29N3O3. The van der Waals surface area contributed by atoms with Crippen molar-refractivity contribution >= 4 is 11.6 Å². The number of carbonyl (C=O) groups is 1. The number of anilines is 1. The van der Waals surface area contributed by atoms with Crippen LogP contribution in [0.5, 0.6) is 5.75 Å². The molecule has 178 valence electrons. The number of hydrogen-bond donors (Lipinski definition) is 1. The van der Waals surface area contributed by atoms with Crippen LogP contribution in [0.25, 0.3) is 28.1 Å². The van der Waals surface area contributed by atoms with Crippen molar-refractivity contribution in [3.63, 3.8) is 0 Å². The topological polar surface area (TPSA) is 65.4 Å². The summed E-state index contributed by atoms with van der Waals surface area (Å²) < 4.78 is 13.2. The van der Waals surface area contributed by atoms with E-state index < -0.39 is 0 Å². The van der Waals surface area contributed by atoms with Crippen LogP contribution in [0.1, 0.15) is 18.9 Å². The van der Waals surface area contributed by atoms with Crippen LogP contribution >= 0.6 is 0 Å². The quantitative estimate of drug-likeness (QED) is 0.376. The van der Waals surface area contributed by atoms with Crippen molar-refractivity contribution in [2.45, 2.75) is 19.8 Å². The third-order valence-electron chi connectivity index (χ3n) is 6.41. The molecule has 4 aromatic rings. The fourth-order valence-electron chi connectivity index (χ4n) is 4.70. The van der Waals surface area contributed by atoms with Crippen molar-refractivity contribution in [3.8, 4) is 33.8 Å². The molecule has 0 bridgehead atoms. The van der Waals surface area contributed by atoms with Crippen LogP contribution in [0.3, 0.4) is 0 Å². The molecule has 1 N–H and O–H groups in total. The van der Waals surface area contributed by atoms with Crippen LogP contribution in [-0.4, -0.2) is 36.0 Å². The number of nitrogens with zero attached hydrogens (tertiary/aromatic N) is 2. The summed E-state index contributed by atoms with van der Waals surface area (Å²) in [5, 5.41) is 7.52. The summed E-state index contributed by atoms with van der Waals surface area (Å²) in [5.41, 5.74) is 7.07. The van der Waals surface area contributed by atoms with E-state index in [1.165, 1.54) is 12.5 Å². The molecule has 0 spiro atoms. The second-order valence-corrected chi connectivity index (χ2v) is 8.86. The first kappa shape index (κ1) is 22.9. The molecule has 1 atom stereocenters. The summed E-state index contributed by atoms with van der Waals surface area (Å²) in [6.07, 6.45) is 3.85. The van der Waals surface area contributed by atoms with E-state index in [-0.39, 0.29) is 5.91 Å². The highest BCUT2D eigenvalue weighted by molar-refractivity contribution is 5.94. The molecule has 6 nitrogen and oxygen atoms in total. The number of ether oxygens (including phenoxy) is 2. The number of carbonyl (C=O) groups excluding carboxylic acids is 1. The maximum Gasteiger partial charge on any atom is 0.221 e. The van der Waals surface area contributed by atoms with Gasteiger partial charge in [-0.3, -0.25) is 4.79 Å². The van der Waals surface area contributed by atoms with Gasteiger partial charge in [0.1, 0.15) is 5.75 Å². The van der Waals surface area contributed by atoms with Gasteiger partial charge < -0.3 is 14.8 Å². The third kappa shape index (κ3) is 4.98. The second kappa shape index (κ2) is 10.2. The third-order valence-corrected chi connectivity index (χ3v) is 6.41. The predicted molar refractivity (Wildman–Crippen MR) is 138 cm³/mol. The number of hydrogen-bond acceptors (Lipinski definition) is 4. The van der Waals surface area contributed by atoms with E-state index in [4.69, 9.17) is 9.47 Å². The van der Waals surface area contributed by atoms with Crippen molar-refractivity contribution < 1.29 is 14.3 Å². The minimum absolute atomic E-state index is 0.0884. The SMILES string of the molecule is COc1ccc(-c2ccnn2-c2ccc(-c3ccccc3NC(C)=O)cc2)cc1C[C@@H]1CCOC1. The number of para-hydroxylation sites is 1. The number of benzene rings is 3. The number of nitrogens with one attached hydrogen (secondary N) is 1. The van der Waals surface area contributed by atoms with Gasteiger partial charge in [0.15, 0.2) is 0 Å². The lowest BCUT2D eigenvalue weighted by molar-refractivity contribution is -0.114. The van der Waals surface area contributed by atoms with Gasteiger partial charge >= 0.3 is 0 Å². The molecule has 1 aromatic heterocycles. The van der Waals surface area contributed by atoms with Gasteiger partial charge in [-0.25, -0.2) is 4.68 Å². The van der Waals surface area contributed by atoms with Gasteiger partial charge in [-0.05, 0) is 72.4 Å². The van der Waals surface area contributed by atoms with Crippen molar-refractivity contribution in [3.05, 3.63) is 84.6 Å². The van der Waals surface area contributed by atoms with E-state index in [9.17, 15) is 4.79 Å². The average Bonchev–Trinajstić information content (AvgIpc) is 3.57. The van der Waals surface area contributed by atoms with Gasteiger partial charge in [0, 0.05) is 37.0 Å². The molecule has 0 unspecified atom stereocenters. The van der Waals surface area contributed by atoms with E-state index in [1.54, 1.807) is 7.11 Å². The highest BCUT2D eigenvalue weighted by Gasteiger charge is 2.19. The number of amides is 1. The van der Waals surface area contributed by atoms with Crippen molar-refractivity contribution in [1.29, 1.82) is 0 Å². The Labute approximate surface area is 205 Å². The van der Waals surface area contributed by atoms with Crippen LogP contribution in [-0.2, 0) is 16.0 Å². The lowest BCUT2D eigenvalue weighted by Crippen LogP contribution is -2.06. The van der Waals surface area contributed by atoms with Gasteiger partial charge in [0.05, 0.1) is 24.7 Å². The Morgan fingerprint density at radius 2 is 1.89 bits per heavy atom. The zero-order valence-electron chi connectivity index (χ0n) is 20.0. The number of methoxy groups -OCH3 is 1. The molecule has 6 heteroatoms. The Balaban J connectivity index is 1.45. The average molecular weight is 468 g/mol. The molecule has 0 radical (unpaired) electrons. The van der Waals surface area contributed by atoms with Crippen LogP contribution in [0.2, 0.25) is 0 Å². The van der Waals surface area contributed by atoms with E-state index in [0.717, 1.165) is 65.6 Å². The summed E-state index contributed by atoms with van der Waals surface area (Å²) in [6.45, 7) is 3.17. The molecule has 1 amide bonds. The van der Waals surface area contributed by atoms with E-state index in [1.807, 2.05) is 47.3 Å². The van der Waals surface area contributed by atoms with E-state index in [2.05, 4.69) is 46.8 Å². The fraction of sp³-hybridized carbons (Fsp3) is 0.241. The molecular weight excluding hydrogens is 438 g/mol. The van der Waals surface area contributed by atoms with Crippen LogP contribution in [0, 0.1) is 5.92 Å². The largest absolute Gasteiger partial charge is 0.496 e. The molecule has 2 heterocycles. The number of rotatable bonds is 7. The summed E-state index contributed by atoms with van der Waals surface area (Å²) in [6, 6.07) is 24.4. The predicted octanol–water partition coefficient (Wildman–Crippen LogP) is 5.75. The fourth-order valence-corrected chi connectivity index (χ4v) is 4.70. The van der Waals surface area contributed by atoms with Crippen molar-refractivity contribution in [2.24, 2.45) is 5.92 Å². The van der Waals surface area contributed by atoms with E-state index >= 15 is 0 Å². The smallest absolute Gasteiger partial charge is 0.221 e. The van der Waals surface area contributed by atoms with Gasteiger partial charge in [0.2, 0.25) is 5.91 Å². The monoisotopic (exact) mass is 467 g/mol. The van der Waals surface area contributed by atoms with Gasteiger partial charge in [-0.1, -0.05) is 30.3 Å². The molecule has 35 heavy (non-hydrogen) atoms. The minimum atomic E-state index is -0.0884. The minimum Gasteiger partial charge on any atom is -0.496 e. The molecule has 1 fully saturated rings. The Bertz CT molecular complexity index is 1320. The summed E-state index contributed by atoms with van der Waals surface area (Å²) in [4.78, 5) is 11.6. The van der Waals surface area contributed by atoms with Crippen molar-refractivity contribution in [2.75, 3.05) is 25.6 Å². The zero-order valence-corrected chi connectivity index (χ0v) is 20.0. The summed E-state index contributed by atoms with van der Waals surface area (Å²) in [7, 11) is 1.72. The standard InChI is InChI=1S/C29H29N3O3/c1-20(33)31-27-6-4-3-5-26(27)22-7-10-25(11-8-22)32-28(13-15-30-32)23-9-12-29(34-2)24(18-23)17-21-14-16-35-19-21/h3-13,15,18,21H,14,16-17,19H2,1-2H3,(H,31,33)/t21-/m0/s1. The highest BCUT2D eigenvalue weighted by atomic mass is 16.5. The van der Waals surface area contributed by atoms with Crippen LogP contribution in [0.4, 0.5) is 5.69 Å². The molecule has 1 saturated heterocycles. The summed E-state index contributed by atoms with van der Waals surface area (Å²) >= 11 is 0. The van der Waals surface area contributed by atoms with Gasteiger partial charge in [-0.15, -0.1) is 0 Å². The maximum absolute atomic E-state index is 11.6. The molecule has 1 aliphatic heterocycles. The van der Waals surface area contributed by atoms with Gasteiger partial charge in [0.25, 0.3) is 0 Å². The lowest BCUT2D eigenvalue weighted by atomic mass is 9.96. The molecule has 1 aliphatic rings. The maximum atomic E-state index is 11.6. The first-order valence-corrected chi connectivity index (χ1v) is 11.9. The van der Waals surface area contributed by atoms with Crippen molar-refractivity contribution in [1.82, 2.24) is 9.78 Å². The second-order valence-electron chi connectivity index (χ2n) is 8.86. The zero-order chi connectivity index (χ0) is 24.2. The molecule has 3 aromatic carbocycles. The van der Waals surface area contributed by atoms with E-state index in [0.29, 0.717) is 5.92 Å². The van der Waals surface area contributed by atoms with Gasteiger partial charge in [-0.2, -0.15) is 5.10 Å². The highest BCUT2D eigenvalue weighted by Crippen LogP contribution is 2.32. The first-order chi connectivity index (χ1) is 17.1. The Kier molecular flexibility index (Phi) is 6.64. The molecule has 0 aliphatic carbocycles. The summed E-state index contributed by atoms with van der Waals surface area (Å²) in [5.74, 6) is 1.35.